The molecular formula is C31H46N2O2. The van der Waals surface area contributed by atoms with Gasteiger partial charge in [-0.25, -0.2) is 0 Å². The van der Waals surface area contributed by atoms with Crippen LogP contribution in [-0.2, 0) is 9.53 Å². The highest BCUT2D eigenvalue weighted by atomic mass is 16.5. The van der Waals surface area contributed by atoms with E-state index in [0.29, 0.717) is 34.2 Å². The molecule has 8 rings (SSSR count). The normalized spacial score (nSPS) is 57.7. The van der Waals surface area contributed by atoms with E-state index in [9.17, 15) is 4.79 Å². The lowest BCUT2D eigenvalue weighted by atomic mass is 9.47. The van der Waals surface area contributed by atoms with Gasteiger partial charge in [-0.3, -0.25) is 9.69 Å². The average Bonchev–Trinajstić information content (AvgIpc) is 3.29. The lowest BCUT2D eigenvalue weighted by Gasteiger charge is -2.60. The summed E-state index contributed by atoms with van der Waals surface area (Å²) >= 11 is 0. The van der Waals surface area contributed by atoms with E-state index in [1.807, 2.05) is 0 Å². The summed E-state index contributed by atoms with van der Waals surface area (Å²) in [6, 6.07) is 0.672. The zero-order chi connectivity index (χ0) is 24.0. The topological polar surface area (TPSA) is 32.8 Å². The second-order valence-corrected chi connectivity index (χ2v) is 15.1. The molecule has 4 heteroatoms. The number of carbonyl (C=O) groups excluding carboxylic acids is 1. The molecule has 0 N–H and O–H groups in total. The van der Waals surface area contributed by atoms with E-state index in [4.69, 9.17) is 4.74 Å². The summed E-state index contributed by atoms with van der Waals surface area (Å²) in [6.07, 6.45) is 15.4. The molecular weight excluding hydrogens is 432 g/mol. The van der Waals surface area contributed by atoms with E-state index in [1.165, 1.54) is 70.0 Å². The first-order chi connectivity index (χ1) is 16.7. The van der Waals surface area contributed by atoms with Crippen LogP contribution >= 0.6 is 0 Å². The summed E-state index contributed by atoms with van der Waals surface area (Å²) in [4.78, 5) is 17.5. The van der Waals surface area contributed by atoms with Crippen LogP contribution in [0.25, 0.3) is 0 Å². The van der Waals surface area contributed by atoms with Crippen LogP contribution in [0.3, 0.4) is 0 Å². The Labute approximate surface area is 212 Å². The Morgan fingerprint density at radius 1 is 1.11 bits per heavy atom. The number of piperidine rings is 1. The van der Waals surface area contributed by atoms with Crippen LogP contribution in [0, 0.1) is 45.8 Å². The number of allylic oxidation sites excluding steroid dienone is 2. The summed E-state index contributed by atoms with van der Waals surface area (Å²) in [7, 11) is 4.43. The summed E-state index contributed by atoms with van der Waals surface area (Å²) < 4.78 is 7.40. The van der Waals surface area contributed by atoms with E-state index >= 15 is 0 Å². The molecule has 3 spiro atoms. The monoisotopic (exact) mass is 478 g/mol. The highest BCUT2D eigenvalue weighted by Gasteiger charge is 2.91. The van der Waals surface area contributed by atoms with Gasteiger partial charge in [0.2, 0.25) is 0 Å². The zero-order valence-corrected chi connectivity index (χ0v) is 22.5. The molecule has 0 bridgehead atoms. The second-order valence-electron chi connectivity index (χ2n) is 15.1. The smallest absolute Gasteiger partial charge is 0.155 e. The highest BCUT2D eigenvalue weighted by molar-refractivity contribution is 5.91. The number of likely N-dealkylation sites (tertiary alicyclic amines) is 1. The van der Waals surface area contributed by atoms with Gasteiger partial charge in [0.15, 0.2) is 5.78 Å². The number of likely N-dealkylation sites (N-methyl/N-ethyl adjacent to an activating group) is 1. The number of hydrogen-bond acceptors (Lipinski definition) is 4. The Hall–Kier alpha value is -0.710. The predicted octanol–water partition coefficient (Wildman–Crippen LogP) is 4.93. The third-order valence-electron chi connectivity index (χ3n) is 13.7. The van der Waals surface area contributed by atoms with Crippen LogP contribution < -0.4 is 0 Å². The lowest BCUT2D eigenvalue weighted by Crippen LogP contribution is -2.64. The number of ether oxygens (including phenoxy) is 1. The number of carbonyl (C=O) groups is 1. The van der Waals surface area contributed by atoms with Crippen molar-refractivity contribution >= 4 is 5.78 Å². The summed E-state index contributed by atoms with van der Waals surface area (Å²) in [5, 5.41) is 0. The van der Waals surface area contributed by atoms with E-state index in [0.717, 1.165) is 49.0 Å². The van der Waals surface area contributed by atoms with Crippen LogP contribution in [-0.4, -0.2) is 67.1 Å². The van der Waals surface area contributed by atoms with Crippen molar-refractivity contribution in [3.05, 3.63) is 11.6 Å². The van der Waals surface area contributed by atoms with Gasteiger partial charge in [-0.05, 0) is 112 Å². The fourth-order valence-corrected chi connectivity index (χ4v) is 12.4. The van der Waals surface area contributed by atoms with E-state index in [1.54, 1.807) is 0 Å². The van der Waals surface area contributed by atoms with E-state index in [2.05, 4.69) is 43.8 Å². The molecule has 0 aromatic heterocycles. The van der Waals surface area contributed by atoms with Crippen molar-refractivity contribution in [2.24, 2.45) is 45.8 Å². The van der Waals surface area contributed by atoms with Crippen LogP contribution in [0.5, 0.6) is 0 Å². The number of nitrogens with zero attached hydrogens (tertiary/aromatic N) is 2. The minimum atomic E-state index is 0.203. The molecule has 35 heavy (non-hydrogen) atoms. The number of hydrogen-bond donors (Lipinski definition) is 0. The Morgan fingerprint density at radius 2 is 1.97 bits per heavy atom. The van der Waals surface area contributed by atoms with E-state index < -0.39 is 0 Å². The molecule has 11 atom stereocenters. The summed E-state index contributed by atoms with van der Waals surface area (Å²) in [6.45, 7) is 8.63. The first-order valence-electron chi connectivity index (χ1n) is 15.0. The summed E-state index contributed by atoms with van der Waals surface area (Å²) in [5.74, 6) is 4.58. The van der Waals surface area contributed by atoms with Crippen LogP contribution in [0.1, 0.15) is 78.1 Å². The van der Waals surface area contributed by atoms with Gasteiger partial charge in [0.25, 0.3) is 0 Å². The van der Waals surface area contributed by atoms with Gasteiger partial charge in [0.05, 0.1) is 11.7 Å². The van der Waals surface area contributed by atoms with Gasteiger partial charge in [0, 0.05) is 43.4 Å². The number of ketones is 1. The van der Waals surface area contributed by atoms with Crippen LogP contribution in [0.15, 0.2) is 11.6 Å². The van der Waals surface area contributed by atoms with E-state index in [-0.39, 0.29) is 5.60 Å². The maximum Gasteiger partial charge on any atom is 0.155 e. The molecule has 192 valence electrons. The molecule has 0 aromatic carbocycles. The van der Waals surface area contributed by atoms with Gasteiger partial charge in [0.1, 0.15) is 0 Å². The van der Waals surface area contributed by atoms with Crippen LogP contribution in [0.4, 0.5) is 0 Å². The van der Waals surface area contributed by atoms with Crippen molar-refractivity contribution in [1.29, 1.82) is 0 Å². The molecule has 0 radical (unpaired) electrons. The Balaban J connectivity index is 1.10. The Kier molecular flexibility index (Phi) is 4.35. The first-order valence-corrected chi connectivity index (χ1v) is 15.0. The number of fused-ring (bicyclic) bond motifs is 6. The van der Waals surface area contributed by atoms with Crippen molar-refractivity contribution in [2.75, 3.05) is 33.7 Å². The fourth-order valence-electron chi connectivity index (χ4n) is 12.4. The predicted molar refractivity (Wildman–Crippen MR) is 137 cm³/mol. The minimum absolute atomic E-state index is 0.203. The molecule has 2 aliphatic heterocycles. The molecule has 0 amide bonds. The van der Waals surface area contributed by atoms with Crippen molar-refractivity contribution in [1.82, 2.24) is 9.80 Å². The quantitative estimate of drug-likeness (QED) is 0.576. The maximum atomic E-state index is 12.3. The van der Waals surface area contributed by atoms with Crippen molar-refractivity contribution in [3.8, 4) is 0 Å². The molecule has 0 aromatic rings. The third kappa shape index (κ3) is 2.50. The highest BCUT2D eigenvalue weighted by Crippen LogP contribution is 2.93. The molecule has 8 aliphatic rings. The average molecular weight is 479 g/mol. The standard InChI is InChI=1S/C31H46N2O2/c1-19-13-26-27(33(17-19)12-11-32(3)4)25-16-30-18-29(30)15-24-22(23(29)8-10-31(25,30)35-26)6-5-20-14-21(34)7-9-28(20,24)2/h14,19,22-27H,5-13,15-18H2,1-4H3/t19-,22-,23-,24-,25+,26+,27-,28-,29?,30?,31+/m0/s1. The molecule has 7 fully saturated rings. The Morgan fingerprint density at radius 3 is 2.80 bits per heavy atom. The van der Waals surface area contributed by atoms with Gasteiger partial charge in [-0.15, -0.1) is 0 Å². The molecule has 2 saturated heterocycles. The van der Waals surface area contributed by atoms with Crippen molar-refractivity contribution < 1.29 is 9.53 Å². The molecule has 5 saturated carbocycles. The van der Waals surface area contributed by atoms with Crippen LogP contribution in [0.2, 0.25) is 0 Å². The van der Waals surface area contributed by atoms with Gasteiger partial charge >= 0.3 is 0 Å². The molecule has 2 heterocycles. The third-order valence-corrected chi connectivity index (χ3v) is 13.7. The van der Waals surface area contributed by atoms with Gasteiger partial charge in [-0.2, -0.15) is 0 Å². The zero-order valence-electron chi connectivity index (χ0n) is 22.5. The number of rotatable bonds is 3. The molecule has 2 unspecified atom stereocenters. The summed E-state index contributed by atoms with van der Waals surface area (Å²) in [5.41, 5.74) is 3.10. The largest absolute Gasteiger partial charge is 0.369 e. The van der Waals surface area contributed by atoms with Gasteiger partial charge < -0.3 is 9.64 Å². The minimum Gasteiger partial charge on any atom is -0.369 e. The second kappa shape index (κ2) is 6.83. The van der Waals surface area contributed by atoms with Crippen molar-refractivity contribution in [2.45, 2.75) is 95.8 Å². The van der Waals surface area contributed by atoms with Gasteiger partial charge in [-0.1, -0.05) is 19.4 Å². The molecule has 4 nitrogen and oxygen atoms in total. The maximum absolute atomic E-state index is 12.3. The first kappa shape index (κ1) is 22.3. The Bertz CT molecular complexity index is 1010. The van der Waals surface area contributed by atoms with Crippen molar-refractivity contribution in [3.63, 3.8) is 0 Å². The fraction of sp³-hybridized carbons (Fsp3) is 0.903. The SMILES string of the molecule is C[C@H]1C[C@H]2O[C@@]34CC[C@H]5[C@@H]6CCC7=CC(=O)CC[C@]7(C)[C@H]6CC56CC63C[C@@H]4[C@@H]2N(CCN(C)C)C1. The lowest BCUT2D eigenvalue weighted by molar-refractivity contribution is -0.211. The molecule has 6 aliphatic carbocycles.